The molecule has 1 heterocycles. The molecule has 0 amide bonds. The minimum Gasteiger partial charge on any atom is -0.384 e. The third-order valence-corrected chi connectivity index (χ3v) is 6.16. The van der Waals surface area contributed by atoms with Gasteiger partial charge in [0.2, 0.25) is 0 Å². The molecule has 0 spiro atoms. The SMILES string of the molecule is CCc1cccc2c1NCC2C1(CC)CCc2cc(F)ccc21. The first-order chi connectivity index (χ1) is 11.2. The summed E-state index contributed by atoms with van der Waals surface area (Å²) in [6.45, 7) is 5.50. The fraction of sp³-hybridized carbons (Fsp3) is 0.429. The zero-order valence-electron chi connectivity index (χ0n) is 14.0. The van der Waals surface area contributed by atoms with Gasteiger partial charge in [0.1, 0.15) is 5.82 Å². The van der Waals surface area contributed by atoms with Crippen molar-refractivity contribution in [2.24, 2.45) is 0 Å². The molecule has 120 valence electrons. The van der Waals surface area contributed by atoms with E-state index in [4.69, 9.17) is 0 Å². The Labute approximate surface area is 137 Å². The van der Waals surface area contributed by atoms with Crippen molar-refractivity contribution in [3.63, 3.8) is 0 Å². The van der Waals surface area contributed by atoms with Crippen molar-refractivity contribution in [1.29, 1.82) is 0 Å². The van der Waals surface area contributed by atoms with Gasteiger partial charge in [0.15, 0.2) is 0 Å². The number of anilines is 1. The molecule has 1 aliphatic heterocycles. The summed E-state index contributed by atoms with van der Waals surface area (Å²) in [5.41, 5.74) is 6.96. The minimum atomic E-state index is -0.103. The van der Waals surface area contributed by atoms with E-state index in [9.17, 15) is 4.39 Å². The Bertz CT molecular complexity index is 752. The number of benzene rings is 2. The highest BCUT2D eigenvalue weighted by Crippen LogP contribution is 2.54. The topological polar surface area (TPSA) is 12.0 Å². The quantitative estimate of drug-likeness (QED) is 0.822. The van der Waals surface area contributed by atoms with Gasteiger partial charge in [0.05, 0.1) is 0 Å². The van der Waals surface area contributed by atoms with Crippen LogP contribution >= 0.6 is 0 Å². The largest absolute Gasteiger partial charge is 0.384 e. The van der Waals surface area contributed by atoms with Crippen molar-refractivity contribution in [1.82, 2.24) is 0 Å². The van der Waals surface area contributed by atoms with Crippen LogP contribution in [0.25, 0.3) is 0 Å². The van der Waals surface area contributed by atoms with Crippen molar-refractivity contribution < 1.29 is 4.39 Å². The molecule has 0 fully saturated rings. The standard InChI is InChI=1S/C21H24FN/c1-3-14-6-5-7-17-19(13-23-20(14)17)21(4-2)11-10-15-12-16(22)8-9-18(15)21/h5-9,12,19,23H,3-4,10-11,13H2,1-2H3. The van der Waals surface area contributed by atoms with Gasteiger partial charge in [-0.15, -0.1) is 0 Å². The fourth-order valence-electron chi connectivity index (χ4n) is 4.95. The Balaban J connectivity index is 1.83. The molecule has 0 radical (unpaired) electrons. The molecule has 2 aromatic carbocycles. The molecule has 2 aliphatic rings. The first kappa shape index (κ1) is 14.7. The lowest BCUT2D eigenvalue weighted by Crippen LogP contribution is -2.32. The zero-order chi connectivity index (χ0) is 16.0. The normalized spacial score (nSPS) is 25.1. The van der Waals surface area contributed by atoms with Crippen LogP contribution in [0, 0.1) is 5.82 Å². The van der Waals surface area contributed by atoms with E-state index in [0.29, 0.717) is 5.92 Å². The average molecular weight is 309 g/mol. The van der Waals surface area contributed by atoms with E-state index in [1.54, 1.807) is 12.1 Å². The highest BCUT2D eigenvalue weighted by atomic mass is 19.1. The number of rotatable bonds is 3. The second-order valence-corrected chi connectivity index (χ2v) is 6.98. The molecule has 2 unspecified atom stereocenters. The molecule has 1 aliphatic carbocycles. The van der Waals surface area contributed by atoms with Crippen LogP contribution in [0.1, 0.15) is 54.9 Å². The smallest absolute Gasteiger partial charge is 0.123 e. The Morgan fingerprint density at radius 2 is 2.09 bits per heavy atom. The van der Waals surface area contributed by atoms with Gasteiger partial charge >= 0.3 is 0 Å². The number of aryl methyl sites for hydroxylation is 2. The van der Waals surface area contributed by atoms with E-state index in [-0.39, 0.29) is 11.2 Å². The molecular formula is C21H24FN. The monoisotopic (exact) mass is 309 g/mol. The first-order valence-electron chi connectivity index (χ1n) is 8.84. The summed E-state index contributed by atoms with van der Waals surface area (Å²) in [4.78, 5) is 0. The van der Waals surface area contributed by atoms with Gasteiger partial charge in [-0.3, -0.25) is 0 Å². The van der Waals surface area contributed by atoms with Crippen LogP contribution in [0.2, 0.25) is 0 Å². The molecule has 0 saturated heterocycles. The summed E-state index contributed by atoms with van der Waals surface area (Å²) in [5, 5.41) is 3.67. The number of nitrogens with one attached hydrogen (secondary N) is 1. The van der Waals surface area contributed by atoms with Crippen LogP contribution < -0.4 is 5.32 Å². The molecule has 1 N–H and O–H groups in total. The second kappa shape index (κ2) is 5.36. The van der Waals surface area contributed by atoms with Gasteiger partial charge < -0.3 is 5.32 Å². The average Bonchev–Trinajstić information content (AvgIpc) is 3.16. The predicted molar refractivity (Wildman–Crippen MR) is 93.7 cm³/mol. The summed E-state index contributed by atoms with van der Waals surface area (Å²) >= 11 is 0. The van der Waals surface area contributed by atoms with Gasteiger partial charge in [0, 0.05) is 23.6 Å². The number of para-hydroxylation sites is 1. The fourth-order valence-corrected chi connectivity index (χ4v) is 4.95. The number of halogens is 1. The maximum Gasteiger partial charge on any atom is 0.123 e. The maximum absolute atomic E-state index is 13.6. The molecule has 2 aromatic rings. The molecule has 0 bridgehead atoms. The molecular weight excluding hydrogens is 285 g/mol. The maximum atomic E-state index is 13.6. The summed E-state index contributed by atoms with van der Waals surface area (Å²) in [6, 6.07) is 12.1. The van der Waals surface area contributed by atoms with Gasteiger partial charge in [-0.05, 0) is 60.1 Å². The Morgan fingerprint density at radius 1 is 1.22 bits per heavy atom. The van der Waals surface area contributed by atoms with E-state index in [0.717, 1.165) is 32.2 Å². The lowest BCUT2D eigenvalue weighted by Gasteiger charge is -2.36. The van der Waals surface area contributed by atoms with Crippen molar-refractivity contribution in [3.8, 4) is 0 Å². The number of hydrogen-bond donors (Lipinski definition) is 1. The Kier molecular flexibility index (Phi) is 3.44. The van der Waals surface area contributed by atoms with E-state index in [1.807, 2.05) is 6.07 Å². The van der Waals surface area contributed by atoms with Crippen LogP contribution in [0.5, 0.6) is 0 Å². The van der Waals surface area contributed by atoms with Gasteiger partial charge in [-0.1, -0.05) is 38.1 Å². The molecule has 23 heavy (non-hydrogen) atoms. The third-order valence-electron chi connectivity index (χ3n) is 6.16. The molecule has 1 nitrogen and oxygen atoms in total. The minimum absolute atomic E-state index is 0.103. The Morgan fingerprint density at radius 3 is 2.87 bits per heavy atom. The summed E-state index contributed by atoms with van der Waals surface area (Å²) in [5.74, 6) is 0.384. The molecule has 4 rings (SSSR count). The predicted octanol–water partition coefficient (Wildman–Crippen LogP) is 5.19. The van der Waals surface area contributed by atoms with Crippen LogP contribution in [0.3, 0.4) is 0 Å². The van der Waals surface area contributed by atoms with E-state index in [1.165, 1.54) is 27.9 Å². The number of fused-ring (bicyclic) bond motifs is 2. The zero-order valence-corrected chi connectivity index (χ0v) is 14.0. The third kappa shape index (κ3) is 2.04. The van der Waals surface area contributed by atoms with Crippen LogP contribution in [0.15, 0.2) is 36.4 Å². The Hall–Kier alpha value is -1.83. The summed E-state index contributed by atoms with van der Waals surface area (Å²) in [7, 11) is 0. The molecule has 2 heteroatoms. The molecule has 0 aromatic heterocycles. The molecule has 2 atom stereocenters. The van der Waals surface area contributed by atoms with Gasteiger partial charge in [-0.25, -0.2) is 4.39 Å². The lowest BCUT2D eigenvalue weighted by molar-refractivity contribution is 0.344. The van der Waals surface area contributed by atoms with Gasteiger partial charge in [0.25, 0.3) is 0 Å². The lowest BCUT2D eigenvalue weighted by atomic mass is 9.67. The number of hydrogen-bond acceptors (Lipinski definition) is 1. The summed E-state index contributed by atoms with van der Waals surface area (Å²) in [6.07, 6.45) is 4.29. The van der Waals surface area contributed by atoms with Crippen molar-refractivity contribution in [3.05, 3.63) is 64.5 Å². The van der Waals surface area contributed by atoms with Crippen LogP contribution in [0.4, 0.5) is 10.1 Å². The van der Waals surface area contributed by atoms with Crippen molar-refractivity contribution >= 4 is 5.69 Å². The molecule has 0 saturated carbocycles. The van der Waals surface area contributed by atoms with Crippen LogP contribution in [-0.4, -0.2) is 6.54 Å². The van der Waals surface area contributed by atoms with Crippen molar-refractivity contribution in [2.45, 2.75) is 50.9 Å². The van der Waals surface area contributed by atoms with E-state index in [2.05, 4.69) is 37.4 Å². The van der Waals surface area contributed by atoms with Crippen LogP contribution in [-0.2, 0) is 18.3 Å². The van der Waals surface area contributed by atoms with Gasteiger partial charge in [-0.2, -0.15) is 0 Å². The first-order valence-corrected chi connectivity index (χ1v) is 8.84. The second-order valence-electron chi connectivity index (χ2n) is 6.98. The summed E-state index contributed by atoms with van der Waals surface area (Å²) < 4.78 is 13.6. The van der Waals surface area contributed by atoms with E-state index >= 15 is 0 Å². The van der Waals surface area contributed by atoms with Crippen molar-refractivity contribution in [2.75, 3.05) is 11.9 Å². The van der Waals surface area contributed by atoms with E-state index < -0.39 is 0 Å². The highest BCUT2D eigenvalue weighted by Gasteiger charge is 2.46. The highest BCUT2D eigenvalue weighted by molar-refractivity contribution is 5.65.